The molecule has 2 aromatic rings. The van der Waals surface area contributed by atoms with Gasteiger partial charge in [-0.05, 0) is 49.7 Å². The molecule has 2 rings (SSSR count). The first-order chi connectivity index (χ1) is 14.7. The molecule has 30 heavy (non-hydrogen) atoms. The molecule has 4 heteroatoms. The van der Waals surface area contributed by atoms with Crippen LogP contribution in [0, 0.1) is 11.8 Å². The van der Waals surface area contributed by atoms with Gasteiger partial charge in [-0.1, -0.05) is 53.4 Å². The standard InChI is InChI=1S/C26H42N2O2/c1-5-9-15-23(7-3)21-29-27-19-13-11-17-25(27)26-18-12-14-20-28(26)30-22-24(8-4)16-10-6-2/h11-14,17-20,23-24H,5-10,15-16,21-22H2,1-4H3/q+2. The molecule has 0 aliphatic carbocycles. The maximum Gasteiger partial charge on any atom is 0.332 e. The van der Waals surface area contributed by atoms with Crippen molar-refractivity contribution >= 4 is 0 Å². The highest BCUT2D eigenvalue weighted by Crippen LogP contribution is 2.14. The Labute approximate surface area is 183 Å². The van der Waals surface area contributed by atoms with Crippen LogP contribution in [0.15, 0.2) is 48.8 Å². The molecule has 4 nitrogen and oxygen atoms in total. The van der Waals surface area contributed by atoms with E-state index < -0.39 is 0 Å². The van der Waals surface area contributed by atoms with Gasteiger partial charge < -0.3 is 0 Å². The van der Waals surface area contributed by atoms with Crippen LogP contribution >= 0.6 is 0 Å². The van der Waals surface area contributed by atoms with Gasteiger partial charge in [0.15, 0.2) is 13.2 Å². The van der Waals surface area contributed by atoms with Crippen LogP contribution in [0.2, 0.25) is 0 Å². The molecular formula is C26H42N2O2+2. The van der Waals surface area contributed by atoms with Gasteiger partial charge >= 0.3 is 11.4 Å². The van der Waals surface area contributed by atoms with Gasteiger partial charge in [0.1, 0.15) is 0 Å². The fraction of sp³-hybridized carbons (Fsp3) is 0.615. The highest BCUT2D eigenvalue weighted by atomic mass is 16.7. The minimum Gasteiger partial charge on any atom is -0.270 e. The van der Waals surface area contributed by atoms with Crippen molar-refractivity contribution in [2.45, 2.75) is 79.1 Å². The summed E-state index contributed by atoms with van der Waals surface area (Å²) in [4.78, 5) is 12.5. The van der Waals surface area contributed by atoms with E-state index in [-0.39, 0.29) is 0 Å². The predicted octanol–water partition coefficient (Wildman–Crippen LogP) is 5.22. The first kappa shape index (κ1) is 24.2. The molecule has 2 atom stereocenters. The lowest BCUT2D eigenvalue weighted by Crippen LogP contribution is -2.51. The Bertz CT molecular complexity index is 658. The van der Waals surface area contributed by atoms with Crippen LogP contribution in [0.1, 0.15) is 79.1 Å². The molecule has 0 aliphatic rings. The molecule has 0 bridgehead atoms. The smallest absolute Gasteiger partial charge is 0.270 e. The van der Waals surface area contributed by atoms with Gasteiger partial charge in [0.2, 0.25) is 12.4 Å². The van der Waals surface area contributed by atoms with Crippen molar-refractivity contribution in [3.05, 3.63) is 48.8 Å². The Balaban J connectivity index is 2.14. The minimum absolute atomic E-state index is 0.591. The molecule has 0 spiro atoms. The van der Waals surface area contributed by atoms with Crippen LogP contribution < -0.4 is 19.1 Å². The summed E-state index contributed by atoms with van der Waals surface area (Å²) in [6.07, 6.45) is 13.7. The van der Waals surface area contributed by atoms with E-state index in [0.717, 1.165) is 37.4 Å². The monoisotopic (exact) mass is 414 g/mol. The molecule has 0 saturated carbocycles. The van der Waals surface area contributed by atoms with Crippen molar-refractivity contribution in [1.29, 1.82) is 0 Å². The van der Waals surface area contributed by atoms with E-state index >= 15 is 0 Å². The zero-order chi connectivity index (χ0) is 21.6. The summed E-state index contributed by atoms with van der Waals surface area (Å²) in [6, 6.07) is 12.3. The fourth-order valence-corrected chi connectivity index (χ4v) is 3.65. The molecule has 2 unspecified atom stereocenters. The van der Waals surface area contributed by atoms with Crippen LogP contribution in [0.5, 0.6) is 0 Å². The molecule has 166 valence electrons. The summed E-state index contributed by atoms with van der Waals surface area (Å²) in [5.41, 5.74) is 2.01. The van der Waals surface area contributed by atoms with Gasteiger partial charge in [0, 0.05) is 33.7 Å². The maximum absolute atomic E-state index is 6.24. The van der Waals surface area contributed by atoms with Crippen LogP contribution in [-0.4, -0.2) is 13.2 Å². The second kappa shape index (κ2) is 14.0. The Morgan fingerprint density at radius 1 is 0.667 bits per heavy atom. The third-order valence-corrected chi connectivity index (χ3v) is 5.90. The van der Waals surface area contributed by atoms with Crippen LogP contribution in [0.3, 0.4) is 0 Å². The molecule has 2 heterocycles. The van der Waals surface area contributed by atoms with Gasteiger partial charge in [-0.3, -0.25) is 9.68 Å². The second-order valence-corrected chi connectivity index (χ2v) is 8.25. The Morgan fingerprint density at radius 3 is 1.47 bits per heavy atom. The van der Waals surface area contributed by atoms with E-state index in [2.05, 4.69) is 52.0 Å². The van der Waals surface area contributed by atoms with Crippen LogP contribution in [0.25, 0.3) is 11.4 Å². The summed E-state index contributed by atoms with van der Waals surface area (Å²) < 4.78 is 3.80. The van der Waals surface area contributed by atoms with Crippen molar-refractivity contribution in [2.24, 2.45) is 11.8 Å². The van der Waals surface area contributed by atoms with Gasteiger partial charge in [0.05, 0.1) is 0 Å². The lowest BCUT2D eigenvalue weighted by atomic mass is 10.0. The maximum atomic E-state index is 6.24. The summed E-state index contributed by atoms with van der Waals surface area (Å²) >= 11 is 0. The molecule has 0 fully saturated rings. The number of hydrogen-bond acceptors (Lipinski definition) is 2. The third-order valence-electron chi connectivity index (χ3n) is 5.90. The fourth-order valence-electron chi connectivity index (χ4n) is 3.65. The van der Waals surface area contributed by atoms with Crippen molar-refractivity contribution in [3.8, 4) is 11.4 Å². The summed E-state index contributed by atoms with van der Waals surface area (Å²) in [5.74, 6) is 1.18. The lowest BCUT2D eigenvalue weighted by molar-refractivity contribution is -0.906. The third kappa shape index (κ3) is 7.62. The Hall–Kier alpha value is -2.10. The molecule has 0 radical (unpaired) electrons. The number of unbranched alkanes of at least 4 members (excludes halogenated alkanes) is 2. The molecule has 0 aliphatic heterocycles. The van der Waals surface area contributed by atoms with E-state index in [4.69, 9.17) is 9.68 Å². The summed E-state index contributed by atoms with van der Waals surface area (Å²) in [6.45, 7) is 10.5. The number of hydrogen-bond donors (Lipinski definition) is 0. The minimum atomic E-state index is 0.591. The number of pyridine rings is 2. The number of aromatic nitrogens is 2. The molecule has 0 aromatic carbocycles. The van der Waals surface area contributed by atoms with Crippen molar-refractivity contribution in [1.82, 2.24) is 0 Å². The number of nitrogens with zero attached hydrogens (tertiary/aromatic N) is 2. The molecule has 0 N–H and O–H groups in total. The zero-order valence-corrected chi connectivity index (χ0v) is 19.6. The predicted molar refractivity (Wildman–Crippen MR) is 122 cm³/mol. The SMILES string of the molecule is CCCCC(CC)CO[n+]1ccccc1-c1cccc[n+]1OCC(CC)CCCC. The van der Waals surface area contributed by atoms with E-state index in [9.17, 15) is 0 Å². The van der Waals surface area contributed by atoms with Crippen LogP contribution in [-0.2, 0) is 0 Å². The number of rotatable bonds is 15. The van der Waals surface area contributed by atoms with E-state index in [1.807, 2.05) is 34.0 Å². The average molecular weight is 415 g/mol. The highest BCUT2D eigenvalue weighted by Gasteiger charge is 2.27. The average Bonchev–Trinajstić information content (AvgIpc) is 2.80. The van der Waals surface area contributed by atoms with E-state index in [0.29, 0.717) is 11.8 Å². The van der Waals surface area contributed by atoms with E-state index in [1.54, 1.807) is 0 Å². The second-order valence-electron chi connectivity index (χ2n) is 8.25. The van der Waals surface area contributed by atoms with Gasteiger partial charge in [-0.2, -0.15) is 0 Å². The summed E-state index contributed by atoms with van der Waals surface area (Å²) in [7, 11) is 0. The van der Waals surface area contributed by atoms with Gasteiger partial charge in [-0.25, -0.2) is 0 Å². The highest BCUT2D eigenvalue weighted by molar-refractivity contribution is 5.45. The normalized spacial score (nSPS) is 13.1. The van der Waals surface area contributed by atoms with Crippen molar-refractivity contribution in [3.63, 3.8) is 0 Å². The van der Waals surface area contributed by atoms with E-state index in [1.165, 1.54) is 38.5 Å². The first-order valence-corrected chi connectivity index (χ1v) is 12.0. The zero-order valence-electron chi connectivity index (χ0n) is 19.6. The summed E-state index contributed by atoms with van der Waals surface area (Å²) in [5, 5.41) is 0. The Kier molecular flexibility index (Phi) is 11.3. The van der Waals surface area contributed by atoms with Crippen molar-refractivity contribution < 1.29 is 19.1 Å². The largest absolute Gasteiger partial charge is 0.332 e. The molecule has 0 amide bonds. The quantitative estimate of drug-likeness (QED) is 0.374. The van der Waals surface area contributed by atoms with Crippen LogP contribution in [0.4, 0.5) is 0 Å². The van der Waals surface area contributed by atoms with Gasteiger partial charge in [-0.15, -0.1) is 0 Å². The van der Waals surface area contributed by atoms with Gasteiger partial charge in [0.25, 0.3) is 0 Å². The first-order valence-electron chi connectivity index (χ1n) is 12.0. The molecule has 0 saturated heterocycles. The topological polar surface area (TPSA) is 26.2 Å². The molecule has 2 aromatic heterocycles. The lowest BCUT2D eigenvalue weighted by Gasteiger charge is -2.13. The molecular weight excluding hydrogens is 372 g/mol. The van der Waals surface area contributed by atoms with Crippen molar-refractivity contribution in [2.75, 3.05) is 13.2 Å². The Morgan fingerprint density at radius 2 is 1.10 bits per heavy atom.